The molecule has 1 aromatic heterocycles. The van der Waals surface area contributed by atoms with Crippen molar-refractivity contribution in [3.8, 4) is 5.75 Å². The van der Waals surface area contributed by atoms with E-state index in [1.54, 1.807) is 12.1 Å². The first-order valence-corrected chi connectivity index (χ1v) is 6.37. The Bertz CT molecular complexity index is 567. The van der Waals surface area contributed by atoms with E-state index in [0.29, 0.717) is 30.3 Å². The standard InChI is InChI=1S/C16H18O3/c1-11(2)15-7-4-12(3)8-16(15)18-10-14-6-5-13(9-17)19-14/h4-9,11H,10H2,1-3H3. The molecule has 0 saturated carbocycles. The highest BCUT2D eigenvalue weighted by Gasteiger charge is 2.09. The van der Waals surface area contributed by atoms with Crippen molar-refractivity contribution in [2.45, 2.75) is 33.3 Å². The summed E-state index contributed by atoms with van der Waals surface area (Å²) in [4.78, 5) is 10.5. The number of hydrogen-bond acceptors (Lipinski definition) is 3. The van der Waals surface area contributed by atoms with Crippen LogP contribution in [0.15, 0.2) is 34.7 Å². The lowest BCUT2D eigenvalue weighted by Crippen LogP contribution is -1.99. The second kappa shape index (κ2) is 5.74. The van der Waals surface area contributed by atoms with E-state index in [9.17, 15) is 4.79 Å². The molecule has 0 unspecified atom stereocenters. The number of benzene rings is 1. The number of aryl methyl sites for hydroxylation is 1. The van der Waals surface area contributed by atoms with E-state index in [2.05, 4.69) is 26.0 Å². The van der Waals surface area contributed by atoms with Crippen molar-refractivity contribution in [1.82, 2.24) is 0 Å². The van der Waals surface area contributed by atoms with Gasteiger partial charge in [-0.3, -0.25) is 4.79 Å². The first-order chi connectivity index (χ1) is 9.10. The number of hydrogen-bond donors (Lipinski definition) is 0. The lowest BCUT2D eigenvalue weighted by molar-refractivity contribution is 0.109. The van der Waals surface area contributed by atoms with E-state index in [0.717, 1.165) is 11.3 Å². The number of furan rings is 1. The number of carbonyl (C=O) groups is 1. The highest BCUT2D eigenvalue weighted by molar-refractivity contribution is 5.70. The van der Waals surface area contributed by atoms with Gasteiger partial charge in [0.1, 0.15) is 18.1 Å². The fourth-order valence-electron chi connectivity index (χ4n) is 1.93. The lowest BCUT2D eigenvalue weighted by Gasteiger charge is -2.14. The maximum atomic E-state index is 10.5. The van der Waals surface area contributed by atoms with Gasteiger partial charge in [-0.15, -0.1) is 0 Å². The Morgan fingerprint density at radius 1 is 1.26 bits per heavy atom. The van der Waals surface area contributed by atoms with Gasteiger partial charge in [-0.25, -0.2) is 0 Å². The second-order valence-electron chi connectivity index (χ2n) is 4.91. The summed E-state index contributed by atoms with van der Waals surface area (Å²) in [5.41, 5.74) is 2.33. The van der Waals surface area contributed by atoms with Gasteiger partial charge in [-0.2, -0.15) is 0 Å². The van der Waals surface area contributed by atoms with Crippen LogP contribution in [0.1, 0.15) is 47.2 Å². The Hall–Kier alpha value is -2.03. The number of aldehydes is 1. The van der Waals surface area contributed by atoms with Crippen molar-refractivity contribution in [2.24, 2.45) is 0 Å². The first-order valence-electron chi connectivity index (χ1n) is 6.37. The Kier molecular flexibility index (Phi) is 4.05. The van der Waals surface area contributed by atoms with Crippen molar-refractivity contribution < 1.29 is 13.9 Å². The van der Waals surface area contributed by atoms with Crippen LogP contribution in [-0.4, -0.2) is 6.29 Å². The van der Waals surface area contributed by atoms with Crippen molar-refractivity contribution in [2.75, 3.05) is 0 Å². The summed E-state index contributed by atoms with van der Waals surface area (Å²) in [5, 5.41) is 0. The van der Waals surface area contributed by atoms with E-state index >= 15 is 0 Å². The van der Waals surface area contributed by atoms with Crippen LogP contribution in [0.3, 0.4) is 0 Å². The molecule has 1 aromatic carbocycles. The van der Waals surface area contributed by atoms with Gasteiger partial charge in [0, 0.05) is 0 Å². The van der Waals surface area contributed by atoms with Crippen LogP contribution in [0.4, 0.5) is 0 Å². The van der Waals surface area contributed by atoms with Crippen molar-refractivity contribution >= 4 is 6.29 Å². The van der Waals surface area contributed by atoms with Gasteiger partial charge < -0.3 is 9.15 Å². The molecule has 0 aliphatic heterocycles. The fourth-order valence-corrected chi connectivity index (χ4v) is 1.93. The van der Waals surface area contributed by atoms with Crippen LogP contribution in [0.25, 0.3) is 0 Å². The molecule has 3 nitrogen and oxygen atoms in total. The summed E-state index contributed by atoms with van der Waals surface area (Å²) in [7, 11) is 0. The molecule has 19 heavy (non-hydrogen) atoms. The molecule has 0 aliphatic rings. The third-order valence-corrected chi connectivity index (χ3v) is 2.96. The normalized spacial score (nSPS) is 10.7. The molecule has 0 amide bonds. The molecule has 1 heterocycles. The van der Waals surface area contributed by atoms with E-state index in [1.807, 2.05) is 13.0 Å². The van der Waals surface area contributed by atoms with Crippen LogP contribution in [0.5, 0.6) is 5.75 Å². The van der Waals surface area contributed by atoms with Gasteiger partial charge in [0.05, 0.1) is 0 Å². The number of ether oxygens (including phenoxy) is 1. The minimum Gasteiger partial charge on any atom is -0.485 e. The summed E-state index contributed by atoms with van der Waals surface area (Å²) in [6.45, 7) is 6.63. The molecule has 0 fully saturated rings. The van der Waals surface area contributed by atoms with Crippen molar-refractivity contribution in [3.63, 3.8) is 0 Å². The minimum absolute atomic E-state index is 0.326. The van der Waals surface area contributed by atoms with E-state index in [4.69, 9.17) is 9.15 Å². The Morgan fingerprint density at radius 3 is 2.68 bits per heavy atom. The quantitative estimate of drug-likeness (QED) is 0.758. The van der Waals surface area contributed by atoms with Crippen molar-refractivity contribution in [3.05, 3.63) is 53.0 Å². The van der Waals surface area contributed by atoms with Crippen LogP contribution in [0.2, 0.25) is 0 Å². The molecule has 0 spiro atoms. The van der Waals surface area contributed by atoms with Gasteiger partial charge in [-0.05, 0) is 42.2 Å². The second-order valence-corrected chi connectivity index (χ2v) is 4.91. The molecule has 0 N–H and O–H groups in total. The van der Waals surface area contributed by atoms with E-state index in [1.165, 1.54) is 5.56 Å². The SMILES string of the molecule is Cc1ccc(C(C)C)c(OCc2ccc(C=O)o2)c1. The molecule has 100 valence electrons. The van der Waals surface area contributed by atoms with Crippen molar-refractivity contribution in [1.29, 1.82) is 0 Å². The van der Waals surface area contributed by atoms with E-state index in [-0.39, 0.29) is 0 Å². The summed E-state index contributed by atoms with van der Waals surface area (Å²) in [5.74, 6) is 2.25. The molecule has 0 radical (unpaired) electrons. The third kappa shape index (κ3) is 3.25. The molecule has 2 rings (SSSR count). The Balaban J connectivity index is 2.14. The molecule has 0 atom stereocenters. The van der Waals surface area contributed by atoms with Crippen LogP contribution >= 0.6 is 0 Å². The van der Waals surface area contributed by atoms with Gasteiger partial charge in [-0.1, -0.05) is 26.0 Å². The third-order valence-electron chi connectivity index (χ3n) is 2.96. The minimum atomic E-state index is 0.326. The summed E-state index contributed by atoms with van der Waals surface area (Å²) < 4.78 is 11.1. The smallest absolute Gasteiger partial charge is 0.185 e. The predicted molar refractivity (Wildman–Crippen MR) is 73.7 cm³/mol. The molecule has 0 saturated heterocycles. The Labute approximate surface area is 113 Å². The van der Waals surface area contributed by atoms with Gasteiger partial charge in [0.2, 0.25) is 0 Å². The summed E-state index contributed by atoms with van der Waals surface area (Å²) in [6, 6.07) is 9.60. The van der Waals surface area contributed by atoms with Crippen LogP contribution in [-0.2, 0) is 6.61 Å². The summed E-state index contributed by atoms with van der Waals surface area (Å²) >= 11 is 0. The summed E-state index contributed by atoms with van der Waals surface area (Å²) in [6.07, 6.45) is 0.690. The molecule has 2 aromatic rings. The first kappa shape index (κ1) is 13.4. The molecular formula is C16H18O3. The van der Waals surface area contributed by atoms with Gasteiger partial charge in [0.15, 0.2) is 12.0 Å². The monoisotopic (exact) mass is 258 g/mol. The maximum Gasteiger partial charge on any atom is 0.185 e. The Morgan fingerprint density at radius 2 is 2.05 bits per heavy atom. The highest BCUT2D eigenvalue weighted by Crippen LogP contribution is 2.28. The maximum absolute atomic E-state index is 10.5. The van der Waals surface area contributed by atoms with Crippen LogP contribution < -0.4 is 4.74 Å². The zero-order valence-electron chi connectivity index (χ0n) is 11.5. The average Bonchev–Trinajstić information content (AvgIpc) is 2.84. The zero-order valence-corrected chi connectivity index (χ0v) is 11.5. The predicted octanol–water partition coefficient (Wildman–Crippen LogP) is 4.10. The largest absolute Gasteiger partial charge is 0.485 e. The molecule has 0 bridgehead atoms. The fraction of sp³-hybridized carbons (Fsp3) is 0.312. The van der Waals surface area contributed by atoms with E-state index < -0.39 is 0 Å². The number of rotatable bonds is 5. The number of carbonyl (C=O) groups excluding carboxylic acids is 1. The van der Waals surface area contributed by atoms with Crippen LogP contribution in [0, 0.1) is 6.92 Å². The van der Waals surface area contributed by atoms with Gasteiger partial charge in [0.25, 0.3) is 0 Å². The zero-order chi connectivity index (χ0) is 13.8. The van der Waals surface area contributed by atoms with Gasteiger partial charge >= 0.3 is 0 Å². The lowest BCUT2D eigenvalue weighted by atomic mass is 10.0. The molecule has 0 aliphatic carbocycles. The molecular weight excluding hydrogens is 240 g/mol. The average molecular weight is 258 g/mol. The molecule has 3 heteroatoms. The topological polar surface area (TPSA) is 39.4 Å². The highest BCUT2D eigenvalue weighted by atomic mass is 16.5.